The molecule has 2 nitrogen and oxygen atoms in total. The largest absolute Gasteiger partial charge is 0.466 e. The van der Waals surface area contributed by atoms with E-state index in [-0.39, 0.29) is 5.97 Å². The summed E-state index contributed by atoms with van der Waals surface area (Å²) in [5.41, 5.74) is 0.996. The summed E-state index contributed by atoms with van der Waals surface area (Å²) in [5, 5.41) is 0. The first-order valence-corrected chi connectivity index (χ1v) is 4.18. The van der Waals surface area contributed by atoms with Crippen LogP contribution in [0.25, 0.3) is 0 Å². The zero-order valence-corrected chi connectivity index (χ0v) is 7.96. The molecule has 0 heterocycles. The van der Waals surface area contributed by atoms with Crippen LogP contribution in [-0.2, 0) is 9.53 Å². The van der Waals surface area contributed by atoms with Gasteiger partial charge in [0.05, 0.1) is 13.0 Å². The third kappa shape index (κ3) is 4.72. The monoisotopic (exact) mass is 168 g/mol. The lowest BCUT2D eigenvalue weighted by molar-refractivity contribution is -0.142. The third-order valence-corrected chi connectivity index (χ3v) is 1.41. The van der Waals surface area contributed by atoms with E-state index in [2.05, 4.69) is 0 Å². The summed E-state index contributed by atoms with van der Waals surface area (Å²) in [6.07, 6.45) is 6.11. The maximum atomic E-state index is 11.0. The molecular weight excluding hydrogens is 152 g/mol. The quantitative estimate of drug-likeness (QED) is 0.476. The molecule has 0 amide bonds. The second kappa shape index (κ2) is 6.65. The maximum Gasteiger partial charge on any atom is 0.310 e. The maximum absolute atomic E-state index is 11.0. The first-order valence-electron chi connectivity index (χ1n) is 4.18. The van der Waals surface area contributed by atoms with Gasteiger partial charge in [-0.05, 0) is 26.3 Å². The fraction of sp³-hybridized carbons (Fsp3) is 0.500. The molecule has 0 saturated carbocycles. The molecule has 0 aliphatic rings. The van der Waals surface area contributed by atoms with E-state index in [4.69, 9.17) is 4.74 Å². The van der Waals surface area contributed by atoms with E-state index in [0.29, 0.717) is 13.0 Å². The van der Waals surface area contributed by atoms with Crippen LogP contribution in [0.3, 0.4) is 0 Å². The molecule has 0 aromatic carbocycles. The van der Waals surface area contributed by atoms with Crippen LogP contribution in [0.4, 0.5) is 0 Å². The Bertz CT molecular complexity index is 190. The fourth-order valence-electron chi connectivity index (χ4n) is 0.850. The van der Waals surface area contributed by atoms with Gasteiger partial charge in [-0.25, -0.2) is 0 Å². The number of ether oxygens (including phenoxy) is 1. The smallest absolute Gasteiger partial charge is 0.310 e. The average molecular weight is 168 g/mol. The Labute approximate surface area is 73.9 Å². The molecule has 12 heavy (non-hydrogen) atoms. The molecular formula is C10H16O2. The van der Waals surface area contributed by atoms with Crippen LogP contribution in [0.5, 0.6) is 0 Å². The van der Waals surface area contributed by atoms with Gasteiger partial charge in [0.1, 0.15) is 0 Å². The fourth-order valence-corrected chi connectivity index (χ4v) is 0.850. The van der Waals surface area contributed by atoms with Gasteiger partial charge in [0.15, 0.2) is 0 Å². The highest BCUT2D eigenvalue weighted by Gasteiger charge is 2.02. The van der Waals surface area contributed by atoms with E-state index < -0.39 is 0 Å². The minimum Gasteiger partial charge on any atom is -0.466 e. The number of carbonyl (C=O) groups excluding carboxylic acids is 1. The zero-order valence-electron chi connectivity index (χ0n) is 7.96. The minimum absolute atomic E-state index is 0.163. The topological polar surface area (TPSA) is 26.3 Å². The number of esters is 1. The molecule has 0 bridgehead atoms. The number of allylic oxidation sites excluding steroid dienone is 3. The summed E-state index contributed by atoms with van der Waals surface area (Å²) in [6.45, 7) is 6.10. The van der Waals surface area contributed by atoms with Gasteiger partial charge >= 0.3 is 5.97 Å². The normalized spacial score (nSPS) is 12.1. The van der Waals surface area contributed by atoms with Crippen molar-refractivity contribution in [1.29, 1.82) is 0 Å². The first kappa shape index (κ1) is 11.0. The van der Waals surface area contributed by atoms with E-state index in [1.165, 1.54) is 0 Å². The van der Waals surface area contributed by atoms with Crippen LogP contribution in [0.1, 0.15) is 27.2 Å². The second-order valence-corrected chi connectivity index (χ2v) is 2.35. The summed E-state index contributed by atoms with van der Waals surface area (Å²) >= 11 is 0. The Morgan fingerprint density at radius 2 is 2.08 bits per heavy atom. The molecule has 2 heteroatoms. The van der Waals surface area contributed by atoms with Gasteiger partial charge in [0, 0.05) is 0 Å². The van der Waals surface area contributed by atoms with Gasteiger partial charge in [-0.1, -0.05) is 18.2 Å². The summed E-state index contributed by atoms with van der Waals surface area (Å²) in [4.78, 5) is 11.0. The van der Waals surface area contributed by atoms with Crippen LogP contribution in [0, 0.1) is 0 Å². The van der Waals surface area contributed by atoms with E-state index in [1.807, 2.05) is 39.0 Å². The molecule has 0 N–H and O–H groups in total. The third-order valence-electron chi connectivity index (χ3n) is 1.41. The Kier molecular flexibility index (Phi) is 6.07. The Morgan fingerprint density at radius 1 is 1.42 bits per heavy atom. The Morgan fingerprint density at radius 3 is 2.50 bits per heavy atom. The molecule has 0 atom stereocenters. The lowest BCUT2D eigenvalue weighted by atomic mass is 10.1. The number of rotatable bonds is 4. The Balaban J connectivity index is 3.95. The summed E-state index contributed by atoms with van der Waals surface area (Å²) in [6, 6.07) is 0. The second-order valence-electron chi connectivity index (χ2n) is 2.35. The highest BCUT2D eigenvalue weighted by molar-refractivity contribution is 5.73. The highest BCUT2D eigenvalue weighted by Crippen LogP contribution is 2.04. The lowest BCUT2D eigenvalue weighted by Crippen LogP contribution is -2.04. The van der Waals surface area contributed by atoms with E-state index in [1.54, 1.807) is 0 Å². The van der Waals surface area contributed by atoms with E-state index >= 15 is 0 Å². The summed E-state index contributed by atoms with van der Waals surface area (Å²) in [5.74, 6) is -0.163. The van der Waals surface area contributed by atoms with Gasteiger partial charge in [0.25, 0.3) is 0 Å². The molecule has 0 unspecified atom stereocenters. The highest BCUT2D eigenvalue weighted by atomic mass is 16.5. The van der Waals surface area contributed by atoms with Gasteiger partial charge < -0.3 is 4.74 Å². The molecule has 0 saturated heterocycles. The van der Waals surface area contributed by atoms with E-state index in [9.17, 15) is 4.79 Å². The van der Waals surface area contributed by atoms with Crippen LogP contribution in [0.2, 0.25) is 0 Å². The first-order chi connectivity index (χ1) is 5.74. The van der Waals surface area contributed by atoms with Crippen molar-refractivity contribution >= 4 is 5.97 Å². The molecule has 0 radical (unpaired) electrons. The molecule has 0 rings (SSSR count). The minimum atomic E-state index is -0.163. The van der Waals surface area contributed by atoms with Crippen molar-refractivity contribution in [2.45, 2.75) is 27.2 Å². The molecule has 0 spiro atoms. The van der Waals surface area contributed by atoms with Crippen LogP contribution >= 0.6 is 0 Å². The SMILES string of the molecule is CC=CC(=CC)CC(=O)OCC. The predicted octanol–water partition coefficient (Wildman–Crippen LogP) is 2.46. The lowest BCUT2D eigenvalue weighted by Gasteiger charge is -2.01. The zero-order chi connectivity index (χ0) is 9.40. The molecule has 0 aliphatic heterocycles. The van der Waals surface area contributed by atoms with Gasteiger partial charge in [0.2, 0.25) is 0 Å². The average Bonchev–Trinajstić information content (AvgIpc) is 2.04. The van der Waals surface area contributed by atoms with Crippen molar-refractivity contribution in [3.8, 4) is 0 Å². The predicted molar refractivity (Wildman–Crippen MR) is 49.8 cm³/mol. The van der Waals surface area contributed by atoms with Crippen LogP contribution < -0.4 is 0 Å². The molecule has 68 valence electrons. The van der Waals surface area contributed by atoms with Crippen molar-refractivity contribution in [3.05, 3.63) is 23.8 Å². The van der Waals surface area contributed by atoms with Gasteiger partial charge in [-0.3, -0.25) is 4.79 Å². The van der Waals surface area contributed by atoms with Crippen molar-refractivity contribution < 1.29 is 9.53 Å². The number of carbonyl (C=O) groups is 1. The Hall–Kier alpha value is -1.05. The molecule has 0 aromatic rings. The van der Waals surface area contributed by atoms with Gasteiger partial charge in [-0.15, -0.1) is 0 Å². The number of hydrogen-bond acceptors (Lipinski definition) is 2. The summed E-state index contributed by atoms with van der Waals surface area (Å²) in [7, 11) is 0. The van der Waals surface area contributed by atoms with Crippen molar-refractivity contribution in [2.24, 2.45) is 0 Å². The molecule has 0 aliphatic carbocycles. The van der Waals surface area contributed by atoms with Crippen molar-refractivity contribution in [3.63, 3.8) is 0 Å². The van der Waals surface area contributed by atoms with Crippen molar-refractivity contribution in [1.82, 2.24) is 0 Å². The summed E-state index contributed by atoms with van der Waals surface area (Å²) < 4.78 is 4.81. The van der Waals surface area contributed by atoms with Crippen molar-refractivity contribution in [2.75, 3.05) is 6.61 Å². The number of hydrogen-bond donors (Lipinski definition) is 0. The standard InChI is InChI=1S/C10H16O2/c1-4-7-9(5-2)8-10(11)12-6-3/h4-5,7H,6,8H2,1-3H3. The van der Waals surface area contributed by atoms with Gasteiger partial charge in [-0.2, -0.15) is 0 Å². The van der Waals surface area contributed by atoms with Crippen LogP contribution in [0.15, 0.2) is 23.8 Å². The molecule has 0 aromatic heterocycles. The molecule has 0 fully saturated rings. The van der Waals surface area contributed by atoms with Crippen LogP contribution in [-0.4, -0.2) is 12.6 Å². The van der Waals surface area contributed by atoms with E-state index in [0.717, 1.165) is 5.57 Å².